The van der Waals surface area contributed by atoms with Gasteiger partial charge in [0.2, 0.25) is 15.9 Å². The van der Waals surface area contributed by atoms with Gasteiger partial charge in [0.25, 0.3) is 0 Å². The number of hydrogen-bond acceptors (Lipinski definition) is 5. The van der Waals surface area contributed by atoms with E-state index in [4.69, 9.17) is 9.47 Å². The molecule has 33 heavy (non-hydrogen) atoms. The summed E-state index contributed by atoms with van der Waals surface area (Å²) in [6, 6.07) is 21.7. The zero-order valence-corrected chi connectivity index (χ0v) is 19.4. The number of carbonyl (C=O) groups excluding carboxylic acids is 1. The summed E-state index contributed by atoms with van der Waals surface area (Å²) in [5.74, 6) is 0.561. The van der Waals surface area contributed by atoms with Crippen molar-refractivity contribution in [3.05, 3.63) is 83.9 Å². The van der Waals surface area contributed by atoms with Gasteiger partial charge in [0, 0.05) is 18.8 Å². The molecule has 1 aliphatic heterocycles. The van der Waals surface area contributed by atoms with Gasteiger partial charge in [-0.1, -0.05) is 48.0 Å². The minimum absolute atomic E-state index is 0.0481. The zero-order chi connectivity index (χ0) is 23.4. The molecule has 0 unspecified atom stereocenters. The van der Waals surface area contributed by atoms with Gasteiger partial charge in [-0.15, -0.1) is 0 Å². The van der Waals surface area contributed by atoms with E-state index in [0.29, 0.717) is 36.9 Å². The SMILES string of the molecule is Cc1ccc(N(Cc2ccccc2)C(=O)CN(C)S(=O)(=O)c2ccc3c(c2)OCCO3)cc1. The number of sulfonamides is 1. The van der Waals surface area contributed by atoms with Gasteiger partial charge in [-0.2, -0.15) is 4.31 Å². The summed E-state index contributed by atoms with van der Waals surface area (Å²) in [6.45, 7) is 2.78. The van der Waals surface area contributed by atoms with E-state index in [2.05, 4.69) is 0 Å². The van der Waals surface area contributed by atoms with Crippen LogP contribution in [0, 0.1) is 6.92 Å². The Morgan fingerprint density at radius 1 is 0.909 bits per heavy atom. The van der Waals surface area contributed by atoms with Crippen molar-refractivity contribution in [2.24, 2.45) is 0 Å². The molecule has 0 saturated carbocycles. The predicted octanol–water partition coefficient (Wildman–Crippen LogP) is 3.62. The second kappa shape index (κ2) is 9.64. The van der Waals surface area contributed by atoms with Gasteiger partial charge in [0.15, 0.2) is 11.5 Å². The standard InChI is InChI=1S/C25H26N2O5S/c1-19-8-10-21(11-9-19)27(17-20-6-4-3-5-7-20)25(28)18-26(2)33(29,30)22-12-13-23-24(16-22)32-15-14-31-23/h3-13,16H,14-15,17-18H2,1-2H3. The summed E-state index contributed by atoms with van der Waals surface area (Å²) in [7, 11) is -2.51. The number of amides is 1. The average Bonchev–Trinajstić information content (AvgIpc) is 2.83. The fraction of sp³-hybridized carbons (Fsp3) is 0.240. The van der Waals surface area contributed by atoms with Crippen LogP contribution < -0.4 is 14.4 Å². The minimum Gasteiger partial charge on any atom is -0.486 e. The van der Waals surface area contributed by atoms with Crippen LogP contribution in [-0.2, 0) is 21.4 Å². The Labute approximate surface area is 194 Å². The Morgan fingerprint density at radius 2 is 1.58 bits per heavy atom. The summed E-state index contributed by atoms with van der Waals surface area (Å²) in [5, 5.41) is 0. The summed E-state index contributed by atoms with van der Waals surface area (Å²) >= 11 is 0. The first-order valence-corrected chi connectivity index (χ1v) is 12.1. The van der Waals surface area contributed by atoms with Crippen LogP contribution in [-0.4, -0.2) is 45.4 Å². The highest BCUT2D eigenvalue weighted by atomic mass is 32.2. The van der Waals surface area contributed by atoms with E-state index in [0.717, 1.165) is 15.4 Å². The van der Waals surface area contributed by atoms with Crippen molar-refractivity contribution in [1.82, 2.24) is 4.31 Å². The molecule has 1 aliphatic rings. The molecule has 0 radical (unpaired) electrons. The molecule has 1 heterocycles. The Kier molecular flexibility index (Phi) is 6.67. The number of fused-ring (bicyclic) bond motifs is 1. The van der Waals surface area contributed by atoms with E-state index < -0.39 is 10.0 Å². The molecule has 3 aromatic rings. The molecular formula is C25H26N2O5S. The Hall–Kier alpha value is -3.36. The summed E-state index contributed by atoms with van der Waals surface area (Å²) in [5.41, 5.74) is 2.73. The largest absolute Gasteiger partial charge is 0.486 e. The lowest BCUT2D eigenvalue weighted by Crippen LogP contribution is -2.41. The van der Waals surface area contributed by atoms with E-state index in [9.17, 15) is 13.2 Å². The maximum absolute atomic E-state index is 13.3. The number of nitrogens with zero attached hydrogens (tertiary/aromatic N) is 2. The van der Waals surface area contributed by atoms with Crippen LogP contribution in [0.15, 0.2) is 77.7 Å². The molecule has 0 aromatic heterocycles. The van der Waals surface area contributed by atoms with Crippen LogP contribution in [0.2, 0.25) is 0 Å². The van der Waals surface area contributed by atoms with Gasteiger partial charge in [-0.3, -0.25) is 4.79 Å². The third kappa shape index (κ3) is 5.18. The van der Waals surface area contributed by atoms with Gasteiger partial charge >= 0.3 is 0 Å². The number of hydrogen-bond donors (Lipinski definition) is 0. The van der Waals surface area contributed by atoms with Crippen LogP contribution in [0.5, 0.6) is 11.5 Å². The van der Waals surface area contributed by atoms with E-state index >= 15 is 0 Å². The summed E-state index contributed by atoms with van der Waals surface area (Å²) < 4.78 is 38.4. The van der Waals surface area contributed by atoms with Crippen LogP contribution in [0.25, 0.3) is 0 Å². The molecule has 0 bridgehead atoms. The number of anilines is 1. The maximum atomic E-state index is 13.3. The van der Waals surface area contributed by atoms with Gasteiger partial charge in [-0.25, -0.2) is 8.42 Å². The third-order valence-electron chi connectivity index (χ3n) is 5.41. The van der Waals surface area contributed by atoms with E-state index in [1.807, 2.05) is 61.5 Å². The molecule has 4 rings (SSSR count). The maximum Gasteiger partial charge on any atom is 0.243 e. The predicted molar refractivity (Wildman–Crippen MR) is 126 cm³/mol. The molecular weight excluding hydrogens is 440 g/mol. The number of likely N-dealkylation sites (N-methyl/N-ethyl adjacent to an activating group) is 1. The van der Waals surface area contributed by atoms with Crippen molar-refractivity contribution in [3.8, 4) is 11.5 Å². The molecule has 0 spiro atoms. The van der Waals surface area contributed by atoms with Crippen molar-refractivity contribution in [2.45, 2.75) is 18.4 Å². The monoisotopic (exact) mass is 466 g/mol. The Balaban J connectivity index is 1.57. The van der Waals surface area contributed by atoms with Gasteiger partial charge in [-0.05, 0) is 36.8 Å². The number of rotatable bonds is 7. The van der Waals surface area contributed by atoms with Crippen LogP contribution in [0.4, 0.5) is 5.69 Å². The van der Waals surface area contributed by atoms with Crippen LogP contribution in [0.1, 0.15) is 11.1 Å². The normalized spacial score (nSPS) is 13.1. The minimum atomic E-state index is -3.91. The van der Waals surface area contributed by atoms with E-state index in [1.54, 1.807) is 11.0 Å². The first kappa shape index (κ1) is 22.8. The summed E-state index contributed by atoms with van der Waals surface area (Å²) in [6.07, 6.45) is 0. The van der Waals surface area contributed by atoms with Gasteiger partial charge in [0.1, 0.15) is 13.2 Å². The average molecular weight is 467 g/mol. The number of ether oxygens (including phenoxy) is 2. The molecule has 0 N–H and O–H groups in total. The van der Waals surface area contributed by atoms with Crippen molar-refractivity contribution in [3.63, 3.8) is 0 Å². The zero-order valence-electron chi connectivity index (χ0n) is 18.6. The lowest BCUT2D eigenvalue weighted by atomic mass is 10.1. The smallest absolute Gasteiger partial charge is 0.243 e. The van der Waals surface area contributed by atoms with E-state index in [1.165, 1.54) is 19.2 Å². The molecule has 7 nitrogen and oxygen atoms in total. The second-order valence-electron chi connectivity index (χ2n) is 7.87. The first-order valence-electron chi connectivity index (χ1n) is 10.6. The highest BCUT2D eigenvalue weighted by molar-refractivity contribution is 7.89. The van der Waals surface area contributed by atoms with E-state index in [-0.39, 0.29) is 17.3 Å². The van der Waals surface area contributed by atoms with Crippen LogP contribution in [0.3, 0.4) is 0 Å². The quantitative estimate of drug-likeness (QED) is 0.532. The molecule has 0 aliphatic carbocycles. The molecule has 172 valence electrons. The van der Waals surface area contributed by atoms with Crippen molar-refractivity contribution in [1.29, 1.82) is 0 Å². The molecule has 1 amide bonds. The van der Waals surface area contributed by atoms with Gasteiger partial charge in [0.05, 0.1) is 18.0 Å². The Bertz CT molecular complexity index is 1230. The van der Waals surface area contributed by atoms with Crippen molar-refractivity contribution in [2.75, 3.05) is 31.7 Å². The van der Waals surface area contributed by atoms with Crippen molar-refractivity contribution < 1.29 is 22.7 Å². The fourth-order valence-electron chi connectivity index (χ4n) is 3.54. The number of carbonyl (C=O) groups is 1. The van der Waals surface area contributed by atoms with Crippen LogP contribution >= 0.6 is 0 Å². The van der Waals surface area contributed by atoms with Gasteiger partial charge < -0.3 is 14.4 Å². The second-order valence-corrected chi connectivity index (χ2v) is 9.91. The highest BCUT2D eigenvalue weighted by Crippen LogP contribution is 2.33. The Morgan fingerprint density at radius 3 is 2.27 bits per heavy atom. The molecule has 0 fully saturated rings. The molecule has 0 saturated heterocycles. The topological polar surface area (TPSA) is 76.2 Å². The highest BCUT2D eigenvalue weighted by Gasteiger charge is 2.27. The third-order valence-corrected chi connectivity index (χ3v) is 7.21. The number of benzene rings is 3. The lowest BCUT2D eigenvalue weighted by molar-refractivity contribution is -0.118. The molecule has 3 aromatic carbocycles. The first-order chi connectivity index (χ1) is 15.8. The number of aryl methyl sites for hydroxylation is 1. The fourth-order valence-corrected chi connectivity index (χ4v) is 4.68. The van der Waals surface area contributed by atoms with Crippen molar-refractivity contribution >= 4 is 21.6 Å². The molecule has 8 heteroatoms. The summed E-state index contributed by atoms with van der Waals surface area (Å²) in [4.78, 5) is 15.0. The lowest BCUT2D eigenvalue weighted by Gasteiger charge is -2.26. The molecule has 0 atom stereocenters.